The van der Waals surface area contributed by atoms with Crippen LogP contribution < -0.4 is 9.47 Å². The second-order valence-corrected chi connectivity index (χ2v) is 12.0. The molecule has 0 radical (unpaired) electrons. The Labute approximate surface area is 240 Å². The number of fused-ring (bicyclic) bond motifs is 1. The van der Waals surface area contributed by atoms with E-state index in [9.17, 15) is 9.90 Å². The summed E-state index contributed by atoms with van der Waals surface area (Å²) in [7, 11) is 1.57. The zero-order valence-electron chi connectivity index (χ0n) is 25.1. The molecule has 0 fully saturated rings. The largest absolute Gasteiger partial charge is 0.507 e. The zero-order chi connectivity index (χ0) is 29.0. The number of Topliss-reactive ketones (excluding diaryl/α,β-unsaturated/α-hetero) is 1. The number of methoxy groups -OCH3 is 1. The van der Waals surface area contributed by atoms with E-state index in [0.29, 0.717) is 17.1 Å². The summed E-state index contributed by atoms with van der Waals surface area (Å²) >= 11 is 0. The number of aromatic hydroxyl groups is 1. The number of hydrogen-bond donors (Lipinski definition) is 1. The van der Waals surface area contributed by atoms with Crippen LogP contribution in [0.5, 0.6) is 17.2 Å². The maximum Gasteiger partial charge on any atom is 0.174 e. The Bertz CT molecular complexity index is 1350. The van der Waals surface area contributed by atoms with E-state index in [-0.39, 0.29) is 34.8 Å². The van der Waals surface area contributed by atoms with Gasteiger partial charge in [-0.05, 0) is 96.8 Å². The summed E-state index contributed by atoms with van der Waals surface area (Å²) in [5, 5.41) is 11.4. The number of ether oxygens (including phenoxy) is 2. The molecular weight excluding hydrogens is 496 g/mol. The van der Waals surface area contributed by atoms with Gasteiger partial charge in [0.2, 0.25) is 0 Å². The number of allylic oxidation sites excluding steroid dienone is 6. The molecule has 4 rings (SSSR count). The predicted octanol–water partition coefficient (Wildman–Crippen LogP) is 9.22. The van der Waals surface area contributed by atoms with Crippen LogP contribution in [0.1, 0.15) is 94.6 Å². The zero-order valence-corrected chi connectivity index (χ0v) is 25.1. The molecule has 2 aliphatic rings. The van der Waals surface area contributed by atoms with Gasteiger partial charge in [-0.2, -0.15) is 0 Å². The van der Waals surface area contributed by atoms with Gasteiger partial charge in [-0.25, -0.2) is 0 Å². The molecule has 4 nitrogen and oxygen atoms in total. The van der Waals surface area contributed by atoms with Crippen molar-refractivity contribution in [2.45, 2.75) is 78.7 Å². The Hall–Kier alpha value is -3.53. The Balaban J connectivity index is 1.85. The van der Waals surface area contributed by atoms with E-state index in [0.717, 1.165) is 31.2 Å². The van der Waals surface area contributed by atoms with Crippen LogP contribution in [0.25, 0.3) is 6.08 Å². The van der Waals surface area contributed by atoms with Crippen LogP contribution in [0.4, 0.5) is 0 Å². The number of ketones is 1. The number of rotatable bonds is 9. The van der Waals surface area contributed by atoms with Crippen LogP contribution in [0, 0.1) is 11.8 Å². The Morgan fingerprint density at radius 1 is 1.12 bits per heavy atom. The number of carbonyl (C=O) groups is 1. The molecule has 0 aromatic heterocycles. The molecule has 0 bridgehead atoms. The first-order chi connectivity index (χ1) is 19.0. The lowest BCUT2D eigenvalue weighted by molar-refractivity contribution is 0.0826. The lowest BCUT2D eigenvalue weighted by Crippen LogP contribution is -2.36. The van der Waals surface area contributed by atoms with Gasteiger partial charge in [-0.1, -0.05) is 65.3 Å². The van der Waals surface area contributed by atoms with E-state index in [1.807, 2.05) is 37.3 Å². The molecule has 1 N–H and O–H groups in total. The maximum absolute atomic E-state index is 14.8. The molecule has 4 heteroatoms. The van der Waals surface area contributed by atoms with Crippen molar-refractivity contribution in [3.63, 3.8) is 0 Å². The minimum absolute atomic E-state index is 0.00621. The summed E-state index contributed by atoms with van der Waals surface area (Å²) in [6.07, 6.45) is 13.9. The Morgan fingerprint density at radius 3 is 2.48 bits per heavy atom. The minimum Gasteiger partial charge on any atom is -0.507 e. The standard InChI is InChI=1S/C36H44O4/c1-23(2)12-11-20-36(6)21-19-29-31(39-7)22-30(37)33(35(29)40-36)34(38)32-27(17-15-24(3)4)25(5)16-18-28(32)26-13-9-8-10-14-26/h8-10,12-16,19,21-22,27-28,32,37H,11,17-18,20H2,1-7H3/t27-,28+,32+,36+/m0/s1. The van der Waals surface area contributed by atoms with Gasteiger partial charge in [0.25, 0.3) is 0 Å². The van der Waals surface area contributed by atoms with Gasteiger partial charge in [-0.3, -0.25) is 4.79 Å². The monoisotopic (exact) mass is 540 g/mol. The topological polar surface area (TPSA) is 55.8 Å². The smallest absolute Gasteiger partial charge is 0.174 e. The third-order valence-electron chi connectivity index (χ3n) is 8.31. The number of phenols is 1. The quantitative estimate of drug-likeness (QED) is 0.254. The molecule has 2 aromatic carbocycles. The first kappa shape index (κ1) is 29.5. The van der Waals surface area contributed by atoms with Crippen molar-refractivity contribution in [1.82, 2.24) is 0 Å². The Kier molecular flexibility index (Phi) is 9.08. The van der Waals surface area contributed by atoms with Crippen molar-refractivity contribution in [3.8, 4) is 17.2 Å². The second kappa shape index (κ2) is 12.3. The average Bonchev–Trinajstić information content (AvgIpc) is 2.91. The van der Waals surface area contributed by atoms with Gasteiger partial charge < -0.3 is 14.6 Å². The maximum atomic E-state index is 14.8. The summed E-state index contributed by atoms with van der Waals surface area (Å²) in [5.41, 5.74) is 5.19. The molecule has 2 aromatic rings. The lowest BCUT2D eigenvalue weighted by atomic mass is 9.65. The fourth-order valence-electron chi connectivity index (χ4n) is 6.06. The summed E-state index contributed by atoms with van der Waals surface area (Å²) < 4.78 is 12.3. The van der Waals surface area contributed by atoms with Crippen molar-refractivity contribution in [1.29, 1.82) is 0 Å². The first-order valence-electron chi connectivity index (χ1n) is 14.4. The first-order valence-corrected chi connectivity index (χ1v) is 14.4. The molecule has 4 atom stereocenters. The molecule has 212 valence electrons. The van der Waals surface area contributed by atoms with Crippen molar-refractivity contribution in [2.75, 3.05) is 7.11 Å². The van der Waals surface area contributed by atoms with Gasteiger partial charge >= 0.3 is 0 Å². The second-order valence-electron chi connectivity index (χ2n) is 12.0. The van der Waals surface area contributed by atoms with Crippen LogP contribution >= 0.6 is 0 Å². The number of carbonyl (C=O) groups excluding carboxylic acids is 1. The fraction of sp³-hybridized carbons (Fsp3) is 0.417. The van der Waals surface area contributed by atoms with Gasteiger partial charge in [0, 0.05) is 12.0 Å². The van der Waals surface area contributed by atoms with E-state index >= 15 is 0 Å². The lowest BCUT2D eigenvalue weighted by Gasteiger charge is -2.38. The highest BCUT2D eigenvalue weighted by Gasteiger charge is 2.43. The van der Waals surface area contributed by atoms with Crippen LogP contribution in [0.15, 0.2) is 77.4 Å². The average molecular weight is 541 g/mol. The highest BCUT2D eigenvalue weighted by molar-refractivity contribution is 6.05. The van der Waals surface area contributed by atoms with Gasteiger partial charge in [0.15, 0.2) is 5.78 Å². The molecule has 1 heterocycles. The van der Waals surface area contributed by atoms with Crippen molar-refractivity contribution in [3.05, 3.63) is 94.1 Å². The molecule has 0 saturated heterocycles. The van der Waals surface area contributed by atoms with E-state index in [2.05, 4.69) is 65.0 Å². The summed E-state index contributed by atoms with van der Waals surface area (Å²) in [6.45, 7) is 12.5. The normalized spacial score (nSPS) is 23.4. The Morgan fingerprint density at radius 2 is 1.82 bits per heavy atom. The molecule has 1 aliphatic heterocycles. The molecule has 0 unspecified atom stereocenters. The van der Waals surface area contributed by atoms with Crippen molar-refractivity contribution >= 4 is 11.9 Å². The van der Waals surface area contributed by atoms with Crippen LogP contribution in [0.3, 0.4) is 0 Å². The third-order valence-corrected chi connectivity index (χ3v) is 8.31. The molecular formula is C36H44O4. The van der Waals surface area contributed by atoms with Crippen molar-refractivity contribution in [2.24, 2.45) is 11.8 Å². The molecule has 0 saturated carbocycles. The van der Waals surface area contributed by atoms with Gasteiger partial charge in [-0.15, -0.1) is 0 Å². The summed E-state index contributed by atoms with van der Waals surface area (Å²) in [6, 6.07) is 11.9. The van der Waals surface area contributed by atoms with E-state index in [4.69, 9.17) is 9.47 Å². The highest BCUT2D eigenvalue weighted by atomic mass is 16.5. The van der Waals surface area contributed by atoms with Crippen LogP contribution in [0.2, 0.25) is 0 Å². The van der Waals surface area contributed by atoms with E-state index in [1.165, 1.54) is 16.7 Å². The van der Waals surface area contributed by atoms with E-state index in [1.54, 1.807) is 13.2 Å². The number of benzene rings is 2. The number of hydrogen-bond acceptors (Lipinski definition) is 4. The summed E-state index contributed by atoms with van der Waals surface area (Å²) in [4.78, 5) is 14.8. The van der Waals surface area contributed by atoms with Gasteiger partial charge in [0.05, 0.1) is 12.7 Å². The fourth-order valence-corrected chi connectivity index (χ4v) is 6.06. The van der Waals surface area contributed by atoms with Crippen molar-refractivity contribution < 1.29 is 19.4 Å². The predicted molar refractivity (Wildman–Crippen MR) is 164 cm³/mol. The molecule has 40 heavy (non-hydrogen) atoms. The SMILES string of the molecule is COc1cc(O)c(C(=O)[C@H]2[C@@H](c3ccccc3)CC=C(C)[C@@H]2CC=C(C)C)c2c1C=C[C@@](C)(CCC=C(C)C)O2. The van der Waals surface area contributed by atoms with Crippen LogP contribution in [-0.2, 0) is 0 Å². The van der Waals surface area contributed by atoms with Crippen LogP contribution in [-0.4, -0.2) is 23.6 Å². The third kappa shape index (κ3) is 6.27. The molecule has 0 amide bonds. The van der Waals surface area contributed by atoms with Gasteiger partial charge in [0.1, 0.15) is 28.4 Å². The molecule has 0 spiro atoms. The molecule has 1 aliphatic carbocycles. The highest BCUT2D eigenvalue weighted by Crippen LogP contribution is 2.50. The number of phenolic OH excluding ortho intramolecular Hbond substituents is 1. The summed E-state index contributed by atoms with van der Waals surface area (Å²) in [5.74, 6) is 0.401. The minimum atomic E-state index is -0.616. The van der Waals surface area contributed by atoms with E-state index < -0.39 is 5.60 Å².